The summed E-state index contributed by atoms with van der Waals surface area (Å²) in [5.74, 6) is -2.69. The van der Waals surface area contributed by atoms with Gasteiger partial charge >= 0.3 is 17.9 Å². The van der Waals surface area contributed by atoms with Gasteiger partial charge in [0.25, 0.3) is 0 Å². The van der Waals surface area contributed by atoms with Crippen LogP contribution < -0.4 is 0 Å². The van der Waals surface area contributed by atoms with Gasteiger partial charge in [-0.3, -0.25) is 4.79 Å². The number of aliphatic carboxylic acids is 1. The molecule has 1 aromatic rings. The number of esters is 2. The highest BCUT2D eigenvalue weighted by atomic mass is 16.6. The molecule has 0 aromatic heterocycles. The van der Waals surface area contributed by atoms with Gasteiger partial charge < -0.3 is 9.84 Å². The van der Waals surface area contributed by atoms with E-state index < -0.39 is 17.9 Å². The summed E-state index contributed by atoms with van der Waals surface area (Å²) < 4.78 is 4.55. The maximum absolute atomic E-state index is 11.5. The highest BCUT2D eigenvalue weighted by molar-refractivity contribution is 5.97. The summed E-state index contributed by atoms with van der Waals surface area (Å²) in [6.07, 6.45) is -0.236. The van der Waals surface area contributed by atoms with Crippen LogP contribution >= 0.6 is 0 Å². The summed E-state index contributed by atoms with van der Waals surface area (Å²) >= 11 is 0. The van der Waals surface area contributed by atoms with E-state index in [0.717, 1.165) is 0 Å². The molecule has 0 unspecified atom stereocenters. The van der Waals surface area contributed by atoms with Crippen LogP contribution in [0.4, 0.5) is 0 Å². The Bertz CT molecular complexity index is 475. The van der Waals surface area contributed by atoms with Gasteiger partial charge in [-0.1, -0.05) is 24.8 Å². The van der Waals surface area contributed by atoms with Gasteiger partial charge in [-0.2, -0.15) is 0 Å². The van der Waals surface area contributed by atoms with E-state index in [1.54, 1.807) is 18.2 Å². The van der Waals surface area contributed by atoms with Crippen LogP contribution in [0.1, 0.15) is 23.2 Å². The van der Waals surface area contributed by atoms with E-state index in [0.29, 0.717) is 0 Å². The van der Waals surface area contributed by atoms with E-state index in [9.17, 15) is 14.4 Å². The van der Waals surface area contributed by atoms with Crippen molar-refractivity contribution in [3.63, 3.8) is 0 Å². The first-order valence-corrected chi connectivity index (χ1v) is 5.22. The zero-order valence-corrected chi connectivity index (χ0v) is 9.59. The number of carboxylic acid groups (broad SMARTS) is 1. The molecule has 1 aromatic carbocycles. The van der Waals surface area contributed by atoms with Crippen molar-refractivity contribution in [3.05, 3.63) is 48.0 Å². The maximum atomic E-state index is 11.5. The number of benzene rings is 1. The summed E-state index contributed by atoms with van der Waals surface area (Å²) in [5, 5.41) is 8.54. The maximum Gasteiger partial charge on any atom is 0.345 e. The molecular weight excluding hydrogens is 236 g/mol. The van der Waals surface area contributed by atoms with Crippen LogP contribution in [-0.4, -0.2) is 23.0 Å². The lowest BCUT2D eigenvalue weighted by atomic mass is 10.2. The standard InChI is InChI=1S/C13H12O5/c1-9(12(15)16)7-8-11(14)18-13(17)10-5-3-2-4-6-10/h2-6H,1,7-8H2,(H,15,16). The third kappa shape index (κ3) is 4.21. The van der Waals surface area contributed by atoms with Crippen molar-refractivity contribution in [2.24, 2.45) is 0 Å². The molecule has 0 spiro atoms. The lowest BCUT2D eigenvalue weighted by Gasteiger charge is -2.03. The molecule has 5 nitrogen and oxygen atoms in total. The number of hydrogen-bond acceptors (Lipinski definition) is 4. The van der Waals surface area contributed by atoms with Crippen LogP contribution in [0, 0.1) is 0 Å². The van der Waals surface area contributed by atoms with E-state index in [1.165, 1.54) is 12.1 Å². The number of carbonyl (C=O) groups is 3. The van der Waals surface area contributed by atoms with Gasteiger partial charge in [-0.25, -0.2) is 9.59 Å². The molecule has 0 aliphatic heterocycles. The van der Waals surface area contributed by atoms with Crippen molar-refractivity contribution >= 4 is 17.9 Å². The molecule has 0 radical (unpaired) electrons. The fourth-order valence-electron chi connectivity index (χ4n) is 1.15. The van der Waals surface area contributed by atoms with Crippen LogP contribution in [-0.2, 0) is 14.3 Å². The van der Waals surface area contributed by atoms with Crippen molar-refractivity contribution in [3.8, 4) is 0 Å². The number of carboxylic acids is 1. The van der Waals surface area contributed by atoms with Gasteiger partial charge in [0, 0.05) is 5.57 Å². The Labute approximate surface area is 104 Å². The highest BCUT2D eigenvalue weighted by Gasteiger charge is 2.14. The van der Waals surface area contributed by atoms with Crippen molar-refractivity contribution in [1.29, 1.82) is 0 Å². The Morgan fingerprint density at radius 1 is 1.11 bits per heavy atom. The normalized spacial score (nSPS) is 9.56. The Morgan fingerprint density at radius 2 is 1.72 bits per heavy atom. The average Bonchev–Trinajstić information content (AvgIpc) is 2.36. The molecule has 5 heteroatoms. The average molecular weight is 248 g/mol. The molecule has 0 aliphatic carbocycles. The molecule has 1 rings (SSSR count). The van der Waals surface area contributed by atoms with Crippen LogP contribution in [0.5, 0.6) is 0 Å². The topological polar surface area (TPSA) is 80.7 Å². The smallest absolute Gasteiger partial charge is 0.345 e. The third-order valence-electron chi connectivity index (χ3n) is 2.15. The molecule has 0 fully saturated rings. The van der Waals surface area contributed by atoms with Crippen LogP contribution in [0.3, 0.4) is 0 Å². The monoisotopic (exact) mass is 248 g/mol. The van der Waals surface area contributed by atoms with Crippen LogP contribution in [0.25, 0.3) is 0 Å². The quantitative estimate of drug-likeness (QED) is 0.488. The summed E-state index contributed by atoms with van der Waals surface area (Å²) in [5.41, 5.74) is 0.169. The first-order chi connectivity index (χ1) is 8.50. The van der Waals surface area contributed by atoms with Gasteiger partial charge in [0.15, 0.2) is 0 Å². The van der Waals surface area contributed by atoms with E-state index >= 15 is 0 Å². The summed E-state index contributed by atoms with van der Waals surface area (Å²) in [7, 11) is 0. The second-order valence-corrected chi connectivity index (χ2v) is 3.54. The zero-order valence-electron chi connectivity index (χ0n) is 9.59. The predicted octanol–water partition coefficient (Wildman–Crippen LogP) is 1.79. The molecule has 0 bridgehead atoms. The van der Waals surface area contributed by atoms with Crippen molar-refractivity contribution in [2.75, 3.05) is 0 Å². The first kappa shape index (κ1) is 13.6. The molecule has 18 heavy (non-hydrogen) atoms. The van der Waals surface area contributed by atoms with Gasteiger partial charge in [-0.15, -0.1) is 0 Å². The van der Waals surface area contributed by atoms with E-state index in [2.05, 4.69) is 11.3 Å². The summed E-state index contributed by atoms with van der Waals surface area (Å²) in [4.78, 5) is 33.2. The Kier molecular flexibility index (Phi) is 4.80. The molecule has 0 amide bonds. The minimum atomic E-state index is -1.17. The van der Waals surface area contributed by atoms with Crippen molar-refractivity contribution in [2.45, 2.75) is 12.8 Å². The first-order valence-electron chi connectivity index (χ1n) is 5.22. The zero-order chi connectivity index (χ0) is 13.5. The minimum absolute atomic E-state index is 0.0454. The molecular formula is C13H12O5. The molecule has 1 N–H and O–H groups in total. The Balaban J connectivity index is 2.44. The van der Waals surface area contributed by atoms with Crippen LogP contribution in [0.15, 0.2) is 42.5 Å². The minimum Gasteiger partial charge on any atom is -0.478 e. The second kappa shape index (κ2) is 6.34. The molecule has 94 valence electrons. The Hall–Kier alpha value is -2.43. The van der Waals surface area contributed by atoms with Gasteiger partial charge in [-0.05, 0) is 18.6 Å². The summed E-state index contributed by atoms with van der Waals surface area (Å²) in [6.45, 7) is 3.27. The second-order valence-electron chi connectivity index (χ2n) is 3.54. The lowest BCUT2D eigenvalue weighted by molar-refractivity contribution is -0.138. The third-order valence-corrected chi connectivity index (χ3v) is 2.15. The molecule has 0 saturated carbocycles. The van der Waals surface area contributed by atoms with Gasteiger partial charge in [0.1, 0.15) is 0 Å². The van der Waals surface area contributed by atoms with E-state index in [4.69, 9.17) is 5.11 Å². The number of hydrogen-bond donors (Lipinski definition) is 1. The fourth-order valence-corrected chi connectivity index (χ4v) is 1.15. The van der Waals surface area contributed by atoms with Crippen molar-refractivity contribution < 1.29 is 24.2 Å². The number of rotatable bonds is 5. The summed E-state index contributed by atoms with van der Waals surface area (Å²) in [6, 6.07) is 8.06. The molecule has 0 heterocycles. The Morgan fingerprint density at radius 3 is 2.28 bits per heavy atom. The largest absolute Gasteiger partial charge is 0.478 e. The molecule has 0 saturated heterocycles. The lowest BCUT2D eigenvalue weighted by Crippen LogP contribution is -2.13. The molecule has 0 aliphatic rings. The number of carbonyl (C=O) groups excluding carboxylic acids is 2. The van der Waals surface area contributed by atoms with Gasteiger partial charge in [0.2, 0.25) is 0 Å². The number of ether oxygens (including phenoxy) is 1. The van der Waals surface area contributed by atoms with Crippen LogP contribution in [0.2, 0.25) is 0 Å². The molecule has 0 atom stereocenters. The SMILES string of the molecule is C=C(CCC(=O)OC(=O)c1ccccc1)C(=O)O. The van der Waals surface area contributed by atoms with Gasteiger partial charge in [0.05, 0.1) is 12.0 Å². The highest BCUT2D eigenvalue weighted by Crippen LogP contribution is 2.06. The van der Waals surface area contributed by atoms with E-state index in [1.807, 2.05) is 0 Å². The van der Waals surface area contributed by atoms with Crippen molar-refractivity contribution in [1.82, 2.24) is 0 Å². The predicted molar refractivity (Wildman–Crippen MR) is 62.9 cm³/mol. The van der Waals surface area contributed by atoms with E-state index in [-0.39, 0.29) is 24.0 Å². The fraction of sp³-hybridized carbons (Fsp3) is 0.154.